The van der Waals surface area contributed by atoms with Gasteiger partial charge in [0, 0.05) is 13.0 Å². The molecule has 2 N–H and O–H groups in total. The molecule has 1 aliphatic rings. The van der Waals surface area contributed by atoms with Crippen LogP contribution in [-0.2, 0) is 4.79 Å². The van der Waals surface area contributed by atoms with E-state index in [0.29, 0.717) is 17.3 Å². The Morgan fingerprint density at radius 3 is 2.89 bits per heavy atom. The first-order valence-corrected chi connectivity index (χ1v) is 5.57. The maximum absolute atomic E-state index is 11.2. The lowest BCUT2D eigenvalue weighted by Crippen LogP contribution is -2.37. The number of carboxylic acid groups (broad SMARTS) is 1. The smallest absolute Gasteiger partial charge is 0.326 e. The van der Waals surface area contributed by atoms with Gasteiger partial charge in [0.2, 0.25) is 5.88 Å². The maximum Gasteiger partial charge on any atom is 0.326 e. The van der Waals surface area contributed by atoms with Gasteiger partial charge in [-0.25, -0.2) is 14.8 Å². The third-order valence-electron chi connectivity index (χ3n) is 3.04. The van der Waals surface area contributed by atoms with Gasteiger partial charge in [-0.05, 0) is 6.92 Å². The van der Waals surface area contributed by atoms with E-state index < -0.39 is 18.1 Å². The number of aliphatic carboxylic acids is 1. The molecule has 1 saturated heterocycles. The number of aromatic nitrogens is 2. The van der Waals surface area contributed by atoms with Crippen LogP contribution in [0.2, 0.25) is 0 Å². The average Bonchev–Trinajstić information content (AvgIpc) is 2.71. The lowest BCUT2D eigenvalue weighted by Gasteiger charge is -2.24. The predicted molar refractivity (Wildman–Crippen MR) is 62.7 cm³/mol. The van der Waals surface area contributed by atoms with Crippen LogP contribution < -0.4 is 9.64 Å². The molecule has 0 radical (unpaired) electrons. The van der Waals surface area contributed by atoms with Gasteiger partial charge in [-0.15, -0.1) is 0 Å². The monoisotopic (exact) mass is 253 g/mol. The summed E-state index contributed by atoms with van der Waals surface area (Å²) in [4.78, 5) is 20.8. The third kappa shape index (κ3) is 2.08. The van der Waals surface area contributed by atoms with Crippen LogP contribution in [0.15, 0.2) is 6.33 Å². The first-order valence-electron chi connectivity index (χ1n) is 5.57. The van der Waals surface area contributed by atoms with Crippen molar-refractivity contribution in [2.75, 3.05) is 18.6 Å². The first-order chi connectivity index (χ1) is 8.54. The number of rotatable bonds is 3. The number of methoxy groups -OCH3 is 1. The molecule has 0 amide bonds. The second-order valence-electron chi connectivity index (χ2n) is 4.23. The number of ether oxygens (including phenoxy) is 1. The Morgan fingerprint density at radius 1 is 1.56 bits per heavy atom. The van der Waals surface area contributed by atoms with Crippen molar-refractivity contribution in [3.63, 3.8) is 0 Å². The van der Waals surface area contributed by atoms with Crippen molar-refractivity contribution >= 4 is 11.8 Å². The molecule has 7 nitrogen and oxygen atoms in total. The molecular weight excluding hydrogens is 238 g/mol. The minimum absolute atomic E-state index is 0.196. The predicted octanol–water partition coefficient (Wildman–Crippen LogP) is -0.182. The van der Waals surface area contributed by atoms with Crippen molar-refractivity contribution in [1.29, 1.82) is 0 Å². The van der Waals surface area contributed by atoms with Crippen LogP contribution in [0.4, 0.5) is 5.82 Å². The van der Waals surface area contributed by atoms with Crippen LogP contribution in [0, 0.1) is 6.92 Å². The highest BCUT2D eigenvalue weighted by molar-refractivity contribution is 5.79. The average molecular weight is 253 g/mol. The summed E-state index contributed by atoms with van der Waals surface area (Å²) in [6, 6.07) is -0.765. The molecule has 1 aromatic rings. The van der Waals surface area contributed by atoms with Gasteiger partial charge < -0.3 is 19.8 Å². The van der Waals surface area contributed by atoms with E-state index in [2.05, 4.69) is 9.97 Å². The number of aliphatic hydroxyl groups excluding tert-OH is 1. The number of nitrogens with zero attached hydrogens (tertiary/aromatic N) is 3. The Labute approximate surface area is 104 Å². The molecule has 2 heterocycles. The Morgan fingerprint density at radius 2 is 2.28 bits per heavy atom. The van der Waals surface area contributed by atoms with Crippen LogP contribution in [0.25, 0.3) is 0 Å². The second-order valence-corrected chi connectivity index (χ2v) is 4.23. The lowest BCUT2D eigenvalue weighted by atomic mass is 10.2. The number of carboxylic acids is 1. The van der Waals surface area contributed by atoms with Gasteiger partial charge >= 0.3 is 5.97 Å². The summed E-state index contributed by atoms with van der Waals surface area (Å²) in [6.07, 6.45) is 0.859. The number of hydrogen-bond donors (Lipinski definition) is 2. The van der Waals surface area contributed by atoms with E-state index in [1.807, 2.05) is 0 Å². The molecule has 0 aromatic carbocycles. The van der Waals surface area contributed by atoms with E-state index in [1.165, 1.54) is 13.4 Å². The highest BCUT2D eigenvalue weighted by atomic mass is 16.5. The zero-order chi connectivity index (χ0) is 13.3. The molecule has 0 aliphatic carbocycles. The van der Waals surface area contributed by atoms with E-state index in [4.69, 9.17) is 9.84 Å². The number of anilines is 1. The van der Waals surface area contributed by atoms with Crippen LogP contribution in [-0.4, -0.2) is 52.0 Å². The van der Waals surface area contributed by atoms with Gasteiger partial charge in [0.05, 0.1) is 18.8 Å². The van der Waals surface area contributed by atoms with Gasteiger partial charge in [0.15, 0.2) is 0 Å². The highest BCUT2D eigenvalue weighted by Crippen LogP contribution is 2.30. The van der Waals surface area contributed by atoms with Gasteiger partial charge in [0.25, 0.3) is 0 Å². The zero-order valence-electron chi connectivity index (χ0n) is 10.2. The molecule has 2 atom stereocenters. The summed E-state index contributed by atoms with van der Waals surface area (Å²) in [5.74, 6) is -0.0696. The van der Waals surface area contributed by atoms with Crippen LogP contribution in [0.3, 0.4) is 0 Å². The molecule has 2 rings (SSSR count). The fourth-order valence-electron chi connectivity index (χ4n) is 2.20. The molecule has 0 saturated carbocycles. The summed E-state index contributed by atoms with van der Waals surface area (Å²) in [5.41, 5.74) is 0.667. The molecular formula is C11H15N3O4. The molecule has 7 heteroatoms. The quantitative estimate of drug-likeness (QED) is 0.771. The van der Waals surface area contributed by atoms with Crippen LogP contribution >= 0.6 is 0 Å². The van der Waals surface area contributed by atoms with Crippen LogP contribution in [0.1, 0.15) is 12.0 Å². The normalized spacial score (nSPS) is 23.2. The van der Waals surface area contributed by atoms with Crippen molar-refractivity contribution in [3.8, 4) is 5.88 Å². The first kappa shape index (κ1) is 12.6. The minimum Gasteiger partial charge on any atom is -0.481 e. The molecule has 2 unspecified atom stereocenters. The van der Waals surface area contributed by atoms with Crippen molar-refractivity contribution in [1.82, 2.24) is 9.97 Å². The molecule has 0 spiro atoms. The summed E-state index contributed by atoms with van der Waals surface area (Å²) >= 11 is 0. The fourth-order valence-corrected chi connectivity index (χ4v) is 2.20. The molecule has 18 heavy (non-hydrogen) atoms. The lowest BCUT2D eigenvalue weighted by molar-refractivity contribution is -0.138. The fraction of sp³-hybridized carbons (Fsp3) is 0.545. The number of hydrogen-bond acceptors (Lipinski definition) is 6. The van der Waals surface area contributed by atoms with E-state index in [1.54, 1.807) is 11.8 Å². The molecule has 1 fully saturated rings. The minimum atomic E-state index is -0.969. The van der Waals surface area contributed by atoms with Gasteiger partial charge in [-0.3, -0.25) is 0 Å². The molecule has 1 aromatic heterocycles. The maximum atomic E-state index is 11.2. The Balaban J connectivity index is 2.38. The largest absolute Gasteiger partial charge is 0.481 e. The molecule has 1 aliphatic heterocycles. The van der Waals surface area contributed by atoms with Crippen LogP contribution in [0.5, 0.6) is 5.88 Å². The number of aliphatic hydroxyl groups is 1. The van der Waals surface area contributed by atoms with Gasteiger partial charge in [-0.1, -0.05) is 0 Å². The van der Waals surface area contributed by atoms with Gasteiger partial charge in [0.1, 0.15) is 18.2 Å². The summed E-state index contributed by atoms with van der Waals surface area (Å²) < 4.78 is 5.08. The van der Waals surface area contributed by atoms with Crippen molar-refractivity contribution < 1.29 is 19.7 Å². The van der Waals surface area contributed by atoms with E-state index in [0.717, 1.165) is 0 Å². The zero-order valence-corrected chi connectivity index (χ0v) is 10.2. The Kier molecular flexibility index (Phi) is 3.33. The van der Waals surface area contributed by atoms with Crippen molar-refractivity contribution in [2.24, 2.45) is 0 Å². The topological polar surface area (TPSA) is 95.8 Å². The molecule has 98 valence electrons. The van der Waals surface area contributed by atoms with E-state index >= 15 is 0 Å². The van der Waals surface area contributed by atoms with Crippen molar-refractivity contribution in [3.05, 3.63) is 11.9 Å². The summed E-state index contributed by atoms with van der Waals surface area (Å²) in [6.45, 7) is 2.01. The Hall–Kier alpha value is -1.89. The second kappa shape index (κ2) is 4.77. The molecule has 0 bridgehead atoms. The standard InChI is InChI=1S/C11H15N3O4/c1-6-9(12-5-13-10(6)18-2)14-4-7(15)3-8(14)11(16)17/h5,7-8,15H,3-4H2,1-2H3,(H,16,17). The summed E-state index contributed by atoms with van der Waals surface area (Å²) in [7, 11) is 1.49. The van der Waals surface area contributed by atoms with Gasteiger partial charge in [-0.2, -0.15) is 0 Å². The van der Waals surface area contributed by atoms with E-state index in [-0.39, 0.29) is 13.0 Å². The Bertz CT molecular complexity index is 466. The number of β-amino-alcohol motifs (C(OH)–C–C–N with tert-alkyl or cyclic N) is 1. The van der Waals surface area contributed by atoms with Crippen molar-refractivity contribution in [2.45, 2.75) is 25.5 Å². The summed E-state index contributed by atoms with van der Waals surface area (Å²) in [5, 5.41) is 18.8. The SMILES string of the molecule is COc1ncnc(N2CC(O)CC2C(=O)O)c1C. The number of carbonyl (C=O) groups is 1. The third-order valence-corrected chi connectivity index (χ3v) is 3.04. The highest BCUT2D eigenvalue weighted by Gasteiger charge is 2.37. The van der Waals surface area contributed by atoms with E-state index in [9.17, 15) is 9.90 Å².